The van der Waals surface area contributed by atoms with Crippen molar-refractivity contribution < 1.29 is 9.53 Å². The van der Waals surface area contributed by atoms with Crippen molar-refractivity contribution in [2.75, 3.05) is 13.7 Å². The molecule has 0 amide bonds. The van der Waals surface area contributed by atoms with Crippen LogP contribution < -0.4 is 0 Å². The highest BCUT2D eigenvalue weighted by atomic mass is 16.5. The molecule has 5 rings (SSSR count). The molecule has 5 heteroatoms. The Labute approximate surface area is 151 Å². The first-order chi connectivity index (χ1) is 12.8. The number of hydrogen-bond donors (Lipinski definition) is 1. The Kier molecular flexibility index (Phi) is 3.43. The van der Waals surface area contributed by atoms with E-state index in [1.54, 1.807) is 6.20 Å². The van der Waals surface area contributed by atoms with Crippen LogP contribution in [0.2, 0.25) is 0 Å². The molecule has 1 N–H and O–H groups in total. The first-order valence-electron chi connectivity index (χ1n) is 8.83. The molecule has 2 aromatic heterocycles. The monoisotopic (exact) mass is 345 g/mol. The number of rotatable bonds is 1. The lowest BCUT2D eigenvalue weighted by Crippen LogP contribution is -2.33. The summed E-state index contributed by atoms with van der Waals surface area (Å²) < 4.78 is 4.93. The molecule has 1 atom stereocenters. The number of aromatic amines is 1. The quantitative estimate of drug-likeness (QED) is 0.686. The third-order valence-electron chi connectivity index (χ3n) is 5.48. The fourth-order valence-corrected chi connectivity index (χ4v) is 4.23. The summed E-state index contributed by atoms with van der Waals surface area (Å²) >= 11 is 0. The van der Waals surface area contributed by atoms with Gasteiger partial charge in [-0.1, -0.05) is 30.4 Å². The maximum atomic E-state index is 12.1. The number of para-hydroxylation sites is 1. The van der Waals surface area contributed by atoms with Crippen LogP contribution in [0, 0.1) is 0 Å². The lowest BCUT2D eigenvalue weighted by atomic mass is 9.97. The highest BCUT2D eigenvalue weighted by Crippen LogP contribution is 2.38. The molecule has 0 radical (unpaired) electrons. The van der Waals surface area contributed by atoms with Gasteiger partial charge in [-0.2, -0.15) is 0 Å². The predicted octanol–water partition coefficient (Wildman–Crippen LogP) is 3.48. The summed E-state index contributed by atoms with van der Waals surface area (Å²) in [6.45, 7) is 1.74. The normalized spacial score (nSPS) is 18.7. The molecule has 0 aliphatic carbocycles. The highest BCUT2D eigenvalue weighted by molar-refractivity contribution is 5.94. The van der Waals surface area contributed by atoms with Gasteiger partial charge in [0.25, 0.3) is 0 Å². The smallest absolute Gasteiger partial charge is 0.340 e. The number of aromatic nitrogens is 2. The number of hydrogen-bond acceptors (Lipinski definition) is 4. The van der Waals surface area contributed by atoms with E-state index < -0.39 is 0 Å². The van der Waals surface area contributed by atoms with Gasteiger partial charge in [-0.3, -0.25) is 9.88 Å². The van der Waals surface area contributed by atoms with Crippen molar-refractivity contribution in [1.82, 2.24) is 14.9 Å². The third-order valence-corrected chi connectivity index (χ3v) is 5.48. The van der Waals surface area contributed by atoms with E-state index in [1.165, 1.54) is 29.3 Å². The van der Waals surface area contributed by atoms with Gasteiger partial charge in [-0.05, 0) is 29.2 Å². The minimum Gasteiger partial charge on any atom is -0.465 e. The van der Waals surface area contributed by atoms with Crippen molar-refractivity contribution in [2.45, 2.75) is 19.0 Å². The fourth-order valence-electron chi connectivity index (χ4n) is 4.23. The van der Waals surface area contributed by atoms with E-state index in [2.05, 4.69) is 51.3 Å². The molecule has 5 nitrogen and oxygen atoms in total. The number of H-pyrrole nitrogens is 1. The van der Waals surface area contributed by atoms with E-state index in [0.717, 1.165) is 30.6 Å². The first-order valence-corrected chi connectivity index (χ1v) is 8.83. The molecule has 4 heterocycles. The van der Waals surface area contributed by atoms with E-state index in [1.807, 2.05) is 6.20 Å². The van der Waals surface area contributed by atoms with Crippen LogP contribution in [0.3, 0.4) is 0 Å². The van der Waals surface area contributed by atoms with E-state index in [0.29, 0.717) is 5.56 Å². The van der Waals surface area contributed by atoms with Gasteiger partial charge in [-0.25, -0.2) is 4.79 Å². The zero-order chi connectivity index (χ0) is 17.7. The molecule has 0 fully saturated rings. The Morgan fingerprint density at radius 3 is 3.08 bits per heavy atom. The maximum absolute atomic E-state index is 12.1. The second-order valence-corrected chi connectivity index (χ2v) is 6.84. The van der Waals surface area contributed by atoms with Crippen LogP contribution in [-0.2, 0) is 17.7 Å². The topological polar surface area (TPSA) is 58.2 Å². The molecule has 0 bridgehead atoms. The zero-order valence-corrected chi connectivity index (χ0v) is 14.5. The Morgan fingerprint density at radius 1 is 1.31 bits per heavy atom. The van der Waals surface area contributed by atoms with Gasteiger partial charge in [-0.15, -0.1) is 0 Å². The van der Waals surface area contributed by atoms with Gasteiger partial charge >= 0.3 is 5.97 Å². The Bertz CT molecular complexity index is 1050. The van der Waals surface area contributed by atoms with Gasteiger partial charge in [0.05, 0.1) is 18.7 Å². The van der Waals surface area contributed by atoms with Crippen molar-refractivity contribution >= 4 is 22.9 Å². The van der Waals surface area contributed by atoms with Crippen molar-refractivity contribution in [3.63, 3.8) is 0 Å². The fraction of sp³-hybridized carbons (Fsp3) is 0.238. The van der Waals surface area contributed by atoms with E-state index in [9.17, 15) is 4.79 Å². The van der Waals surface area contributed by atoms with Crippen LogP contribution in [0.1, 0.15) is 38.8 Å². The van der Waals surface area contributed by atoms with Crippen LogP contribution in [0.4, 0.5) is 0 Å². The number of pyridine rings is 1. The summed E-state index contributed by atoms with van der Waals surface area (Å²) in [7, 11) is 1.40. The number of esters is 1. The Balaban J connectivity index is 1.63. The summed E-state index contributed by atoms with van der Waals surface area (Å²) in [5.74, 6) is -0.342. The van der Waals surface area contributed by atoms with Crippen LogP contribution in [-0.4, -0.2) is 34.5 Å². The summed E-state index contributed by atoms with van der Waals surface area (Å²) in [6, 6.07) is 8.65. The Hall–Kier alpha value is -2.92. The number of nitrogens with zero attached hydrogens (tertiary/aromatic N) is 2. The molecule has 0 saturated carbocycles. The number of methoxy groups -OCH3 is 1. The van der Waals surface area contributed by atoms with Gasteiger partial charge in [0.1, 0.15) is 0 Å². The highest BCUT2D eigenvalue weighted by Gasteiger charge is 2.31. The summed E-state index contributed by atoms with van der Waals surface area (Å²) in [4.78, 5) is 22.4. The number of nitrogens with one attached hydrogen (secondary N) is 1. The van der Waals surface area contributed by atoms with Gasteiger partial charge < -0.3 is 9.72 Å². The van der Waals surface area contributed by atoms with Crippen LogP contribution >= 0.6 is 0 Å². The molecule has 3 aromatic rings. The van der Waals surface area contributed by atoms with Crippen molar-refractivity contribution in [3.8, 4) is 0 Å². The number of benzene rings is 1. The minimum absolute atomic E-state index is 0.170. The summed E-state index contributed by atoms with van der Waals surface area (Å²) in [6.07, 6.45) is 8.70. The lowest BCUT2D eigenvalue weighted by molar-refractivity contribution is 0.0600. The third kappa shape index (κ3) is 2.21. The largest absolute Gasteiger partial charge is 0.465 e. The number of ether oxygens (including phenoxy) is 1. The maximum Gasteiger partial charge on any atom is 0.340 e. The molecule has 0 unspecified atom stereocenters. The van der Waals surface area contributed by atoms with Crippen molar-refractivity contribution in [3.05, 3.63) is 70.7 Å². The second kappa shape index (κ2) is 5.81. The molecule has 2 aliphatic heterocycles. The number of fused-ring (bicyclic) bond motifs is 6. The minimum atomic E-state index is -0.342. The average Bonchev–Trinajstić information content (AvgIpc) is 2.94. The van der Waals surface area contributed by atoms with Crippen molar-refractivity contribution in [1.29, 1.82) is 0 Å². The van der Waals surface area contributed by atoms with Gasteiger partial charge in [0.15, 0.2) is 0 Å². The average molecular weight is 345 g/mol. The molecule has 0 spiro atoms. The standard InChI is InChI=1S/C21H19N3O2/c1-26-21(25)17-11-22-10-13-12-24-9-8-16-15-4-2-3-5-18(15)23-20(16)19(24)7-6-14(13)17/h2-7,10-11,19,23H,8-9,12H2,1H3/t19-/m1/s1. The summed E-state index contributed by atoms with van der Waals surface area (Å²) in [5.41, 5.74) is 6.35. The van der Waals surface area contributed by atoms with Gasteiger partial charge in [0.2, 0.25) is 0 Å². The molecular formula is C21H19N3O2. The first kappa shape index (κ1) is 15.3. The predicted molar refractivity (Wildman–Crippen MR) is 99.8 cm³/mol. The number of carbonyl (C=O) groups is 1. The van der Waals surface area contributed by atoms with Gasteiger partial charge in [0, 0.05) is 42.1 Å². The molecule has 26 heavy (non-hydrogen) atoms. The number of carbonyl (C=O) groups excluding carboxylic acids is 1. The van der Waals surface area contributed by atoms with Crippen LogP contribution in [0.25, 0.3) is 17.0 Å². The molecular weight excluding hydrogens is 326 g/mol. The second-order valence-electron chi connectivity index (χ2n) is 6.84. The molecule has 0 saturated heterocycles. The molecule has 2 aliphatic rings. The van der Waals surface area contributed by atoms with E-state index >= 15 is 0 Å². The lowest BCUT2D eigenvalue weighted by Gasteiger charge is -2.33. The molecule has 1 aromatic carbocycles. The zero-order valence-electron chi connectivity index (χ0n) is 14.5. The summed E-state index contributed by atoms with van der Waals surface area (Å²) in [5, 5.41) is 1.31. The SMILES string of the molecule is COC(=O)c1cncc2c1C=C[C@@H]1c3[nH]c4ccccc4c3CCN1C2. The molecule has 130 valence electrons. The van der Waals surface area contributed by atoms with E-state index in [-0.39, 0.29) is 12.0 Å². The van der Waals surface area contributed by atoms with Crippen molar-refractivity contribution in [2.24, 2.45) is 0 Å². The van der Waals surface area contributed by atoms with Crippen LogP contribution in [0.5, 0.6) is 0 Å². The van der Waals surface area contributed by atoms with E-state index in [4.69, 9.17) is 4.74 Å². The van der Waals surface area contributed by atoms with Crippen LogP contribution in [0.15, 0.2) is 42.7 Å². The Morgan fingerprint density at radius 2 is 2.19 bits per heavy atom.